The molecule has 0 saturated carbocycles. The number of ether oxygens (including phenoxy) is 2. The third kappa shape index (κ3) is 3.77. The van der Waals surface area contributed by atoms with Crippen molar-refractivity contribution in [2.75, 3.05) is 18.6 Å². The van der Waals surface area contributed by atoms with Gasteiger partial charge in [-0.1, -0.05) is 36.4 Å². The fourth-order valence-electron chi connectivity index (χ4n) is 3.16. The number of rotatable bonds is 5. The molecule has 0 N–H and O–H groups in total. The highest BCUT2D eigenvalue weighted by molar-refractivity contribution is 5.98. The monoisotopic (exact) mass is 351 g/mol. The number of amides is 1. The van der Waals surface area contributed by atoms with Crippen LogP contribution in [0.1, 0.15) is 18.1 Å². The minimum absolute atomic E-state index is 0.0581. The molecule has 1 heterocycles. The van der Waals surface area contributed by atoms with Crippen LogP contribution in [-0.4, -0.2) is 31.6 Å². The molecular formula is C21H21NO4. The van der Waals surface area contributed by atoms with E-state index in [1.165, 1.54) is 6.08 Å². The number of esters is 1. The standard InChI is InChI=1S/C21H21NO4/c1-15-13-17-8-3-5-9-18(17)22(15)20(23)14-26-21(24)12-11-16-7-4-6-10-19(16)25-2/h3-12,15H,13-14H2,1-2H3/b12-11+/t15-/m0/s1. The smallest absolute Gasteiger partial charge is 0.331 e. The zero-order valence-corrected chi connectivity index (χ0v) is 14.8. The van der Waals surface area contributed by atoms with Crippen molar-refractivity contribution in [3.8, 4) is 5.75 Å². The molecule has 1 aliphatic heterocycles. The van der Waals surface area contributed by atoms with Crippen molar-refractivity contribution in [2.24, 2.45) is 0 Å². The maximum absolute atomic E-state index is 12.5. The lowest BCUT2D eigenvalue weighted by Gasteiger charge is -2.22. The molecule has 2 aromatic rings. The largest absolute Gasteiger partial charge is 0.496 e. The molecule has 0 bridgehead atoms. The summed E-state index contributed by atoms with van der Waals surface area (Å²) in [5.74, 6) is -0.124. The molecule has 0 spiro atoms. The molecule has 1 aliphatic rings. The molecule has 5 nitrogen and oxygen atoms in total. The minimum Gasteiger partial charge on any atom is -0.496 e. The molecule has 0 aromatic heterocycles. The molecular weight excluding hydrogens is 330 g/mol. The minimum atomic E-state index is -0.565. The Morgan fingerprint density at radius 1 is 1.15 bits per heavy atom. The zero-order valence-electron chi connectivity index (χ0n) is 14.8. The van der Waals surface area contributed by atoms with Gasteiger partial charge in [0, 0.05) is 23.4 Å². The Balaban J connectivity index is 1.60. The maximum Gasteiger partial charge on any atom is 0.331 e. The van der Waals surface area contributed by atoms with E-state index < -0.39 is 5.97 Å². The number of benzene rings is 2. The van der Waals surface area contributed by atoms with Gasteiger partial charge in [0.1, 0.15) is 5.75 Å². The number of fused-ring (bicyclic) bond motifs is 1. The van der Waals surface area contributed by atoms with Gasteiger partial charge in [-0.05, 0) is 37.1 Å². The van der Waals surface area contributed by atoms with E-state index in [1.807, 2.05) is 49.4 Å². The lowest BCUT2D eigenvalue weighted by molar-refractivity contribution is -0.143. The van der Waals surface area contributed by atoms with Crippen LogP contribution in [0.5, 0.6) is 5.75 Å². The van der Waals surface area contributed by atoms with Crippen molar-refractivity contribution in [1.29, 1.82) is 0 Å². The molecule has 0 aliphatic carbocycles. The second-order valence-electron chi connectivity index (χ2n) is 6.13. The number of methoxy groups -OCH3 is 1. The summed E-state index contributed by atoms with van der Waals surface area (Å²) in [7, 11) is 1.57. The topological polar surface area (TPSA) is 55.8 Å². The third-order valence-corrected chi connectivity index (χ3v) is 4.35. The fourth-order valence-corrected chi connectivity index (χ4v) is 3.16. The average molecular weight is 351 g/mol. The lowest BCUT2D eigenvalue weighted by Crippen LogP contribution is -2.38. The quantitative estimate of drug-likeness (QED) is 0.613. The first-order chi connectivity index (χ1) is 12.6. The molecule has 0 saturated heterocycles. The molecule has 0 unspecified atom stereocenters. The molecule has 1 amide bonds. The number of carbonyl (C=O) groups excluding carboxylic acids is 2. The molecule has 26 heavy (non-hydrogen) atoms. The van der Waals surface area contributed by atoms with Gasteiger partial charge >= 0.3 is 5.97 Å². The number of anilines is 1. The van der Waals surface area contributed by atoms with Gasteiger partial charge in [-0.25, -0.2) is 4.79 Å². The zero-order chi connectivity index (χ0) is 18.5. The van der Waals surface area contributed by atoms with Gasteiger partial charge in [0.2, 0.25) is 0 Å². The number of hydrogen-bond acceptors (Lipinski definition) is 4. The van der Waals surface area contributed by atoms with Crippen LogP contribution in [0, 0.1) is 0 Å². The first-order valence-electron chi connectivity index (χ1n) is 8.48. The molecule has 5 heteroatoms. The van der Waals surface area contributed by atoms with Gasteiger partial charge in [0.25, 0.3) is 5.91 Å². The fraction of sp³-hybridized carbons (Fsp3) is 0.238. The van der Waals surface area contributed by atoms with Gasteiger partial charge in [0.15, 0.2) is 6.61 Å². The number of carbonyl (C=O) groups is 2. The van der Waals surface area contributed by atoms with Crippen molar-refractivity contribution in [1.82, 2.24) is 0 Å². The number of nitrogens with zero attached hydrogens (tertiary/aromatic N) is 1. The van der Waals surface area contributed by atoms with Crippen molar-refractivity contribution in [2.45, 2.75) is 19.4 Å². The van der Waals surface area contributed by atoms with Crippen LogP contribution in [0.4, 0.5) is 5.69 Å². The highest BCUT2D eigenvalue weighted by Crippen LogP contribution is 2.31. The van der Waals surface area contributed by atoms with E-state index in [-0.39, 0.29) is 18.6 Å². The summed E-state index contributed by atoms with van der Waals surface area (Å²) in [5, 5.41) is 0. The predicted octanol–water partition coefficient (Wildman–Crippen LogP) is 3.23. The summed E-state index contributed by atoms with van der Waals surface area (Å²) in [6, 6.07) is 15.2. The van der Waals surface area contributed by atoms with E-state index in [4.69, 9.17) is 9.47 Å². The van der Waals surface area contributed by atoms with E-state index in [1.54, 1.807) is 24.2 Å². The van der Waals surface area contributed by atoms with E-state index >= 15 is 0 Å². The average Bonchev–Trinajstić information content (AvgIpc) is 3.00. The molecule has 0 radical (unpaired) electrons. The van der Waals surface area contributed by atoms with Crippen LogP contribution in [0.25, 0.3) is 6.08 Å². The highest BCUT2D eigenvalue weighted by Gasteiger charge is 2.30. The second kappa shape index (κ2) is 7.87. The van der Waals surface area contributed by atoms with Crippen molar-refractivity contribution < 1.29 is 19.1 Å². The van der Waals surface area contributed by atoms with Crippen molar-refractivity contribution in [3.63, 3.8) is 0 Å². The van der Waals surface area contributed by atoms with Gasteiger partial charge in [0.05, 0.1) is 7.11 Å². The summed E-state index contributed by atoms with van der Waals surface area (Å²) < 4.78 is 10.3. The first-order valence-corrected chi connectivity index (χ1v) is 8.48. The molecule has 0 fully saturated rings. The predicted molar refractivity (Wildman–Crippen MR) is 100 cm³/mol. The Morgan fingerprint density at radius 2 is 1.88 bits per heavy atom. The summed E-state index contributed by atoms with van der Waals surface area (Å²) >= 11 is 0. The van der Waals surface area contributed by atoms with Gasteiger partial charge in [-0.3, -0.25) is 4.79 Å². The SMILES string of the molecule is COc1ccccc1/C=C/C(=O)OCC(=O)N1c2ccccc2C[C@@H]1C. The number of para-hydroxylation sites is 2. The number of hydrogen-bond donors (Lipinski definition) is 0. The van der Waals surface area contributed by atoms with E-state index in [2.05, 4.69) is 0 Å². The van der Waals surface area contributed by atoms with Crippen LogP contribution >= 0.6 is 0 Å². The lowest BCUT2D eigenvalue weighted by atomic mass is 10.1. The van der Waals surface area contributed by atoms with Crippen molar-refractivity contribution >= 4 is 23.6 Å². The van der Waals surface area contributed by atoms with E-state index in [0.717, 1.165) is 23.2 Å². The van der Waals surface area contributed by atoms with E-state index in [9.17, 15) is 9.59 Å². The molecule has 3 rings (SSSR count). The summed E-state index contributed by atoms with van der Waals surface area (Å²) in [5.41, 5.74) is 2.79. The Labute approximate surface area is 152 Å². The van der Waals surface area contributed by atoms with Crippen LogP contribution in [0.15, 0.2) is 54.6 Å². The van der Waals surface area contributed by atoms with Gasteiger partial charge < -0.3 is 14.4 Å². The first kappa shape index (κ1) is 17.7. The summed E-state index contributed by atoms with van der Waals surface area (Å²) in [6.45, 7) is 1.70. The Kier molecular flexibility index (Phi) is 5.37. The third-order valence-electron chi connectivity index (χ3n) is 4.35. The van der Waals surface area contributed by atoms with Gasteiger partial charge in [-0.15, -0.1) is 0 Å². The summed E-state index contributed by atoms with van der Waals surface area (Å²) in [4.78, 5) is 26.1. The van der Waals surface area contributed by atoms with E-state index in [0.29, 0.717) is 5.75 Å². The molecule has 1 atom stereocenters. The summed E-state index contributed by atoms with van der Waals surface area (Å²) in [6.07, 6.45) is 3.72. The maximum atomic E-state index is 12.5. The Morgan fingerprint density at radius 3 is 2.69 bits per heavy atom. The van der Waals surface area contributed by atoms with Crippen LogP contribution in [0.3, 0.4) is 0 Å². The Bertz CT molecular complexity index is 843. The normalized spacial score (nSPS) is 15.8. The second-order valence-corrected chi connectivity index (χ2v) is 6.13. The molecule has 134 valence electrons. The van der Waals surface area contributed by atoms with Crippen LogP contribution in [0.2, 0.25) is 0 Å². The van der Waals surface area contributed by atoms with Crippen LogP contribution in [-0.2, 0) is 20.7 Å². The molecule has 2 aromatic carbocycles. The van der Waals surface area contributed by atoms with Crippen molar-refractivity contribution in [3.05, 3.63) is 65.7 Å². The highest BCUT2D eigenvalue weighted by atomic mass is 16.5. The van der Waals surface area contributed by atoms with Gasteiger partial charge in [-0.2, -0.15) is 0 Å². The van der Waals surface area contributed by atoms with Crippen LogP contribution < -0.4 is 9.64 Å². The Hall–Kier alpha value is -3.08.